The Labute approximate surface area is 125 Å². The van der Waals surface area contributed by atoms with E-state index < -0.39 is 21.7 Å². The number of hydrogen-bond acceptors (Lipinski definition) is 3. The van der Waals surface area contributed by atoms with Crippen molar-refractivity contribution in [1.82, 2.24) is 4.90 Å². The van der Waals surface area contributed by atoms with Crippen molar-refractivity contribution in [2.45, 2.75) is 32.6 Å². The molecule has 0 spiro atoms. The Kier molecular flexibility index (Phi) is 4.80. The van der Waals surface area contributed by atoms with E-state index in [4.69, 9.17) is 5.14 Å². The monoisotopic (exact) mass is 316 g/mol. The predicted molar refractivity (Wildman–Crippen MR) is 78.9 cm³/mol. The molecule has 1 amide bonds. The van der Waals surface area contributed by atoms with E-state index in [9.17, 15) is 17.6 Å². The molecule has 1 rings (SSSR count). The van der Waals surface area contributed by atoms with E-state index in [0.717, 1.165) is 12.1 Å². The van der Waals surface area contributed by atoms with Crippen LogP contribution in [0.2, 0.25) is 0 Å². The van der Waals surface area contributed by atoms with Gasteiger partial charge in [0, 0.05) is 24.7 Å². The number of nitrogens with two attached hydrogens (primary N) is 1. The first kappa shape index (κ1) is 17.6. The maximum atomic E-state index is 13.8. The quantitative estimate of drug-likeness (QED) is 0.925. The zero-order valence-corrected chi connectivity index (χ0v) is 13.7. The molecule has 21 heavy (non-hydrogen) atoms. The van der Waals surface area contributed by atoms with Crippen LogP contribution in [-0.4, -0.2) is 32.8 Å². The van der Waals surface area contributed by atoms with Gasteiger partial charge in [0.25, 0.3) is 5.91 Å². The Morgan fingerprint density at radius 3 is 2.29 bits per heavy atom. The van der Waals surface area contributed by atoms with Gasteiger partial charge in [-0.3, -0.25) is 4.79 Å². The molecule has 0 aromatic heterocycles. The lowest BCUT2D eigenvalue weighted by atomic mass is 9.96. The minimum Gasteiger partial charge on any atom is -0.341 e. The summed E-state index contributed by atoms with van der Waals surface area (Å²) in [6.45, 7) is 7.64. The number of rotatable bonds is 3. The van der Waals surface area contributed by atoms with E-state index >= 15 is 0 Å². The van der Waals surface area contributed by atoms with Gasteiger partial charge in [0.15, 0.2) is 0 Å². The molecule has 0 bridgehead atoms. The summed E-state index contributed by atoms with van der Waals surface area (Å²) in [4.78, 5) is 13.4. The van der Waals surface area contributed by atoms with E-state index in [1.807, 2.05) is 20.8 Å². The summed E-state index contributed by atoms with van der Waals surface area (Å²) in [7, 11) is -2.50. The van der Waals surface area contributed by atoms with Gasteiger partial charge in [0.05, 0.1) is 4.90 Å². The third-order valence-corrected chi connectivity index (χ3v) is 3.95. The van der Waals surface area contributed by atoms with Gasteiger partial charge < -0.3 is 4.90 Å². The standard InChI is InChI=1S/C14H21FN2O3S/c1-9-11(15)6-10(7-12(9)21(16,19)20)13(18)17(5)8-14(2,3)4/h6-7H,8H2,1-5H3,(H2,16,19,20). The van der Waals surface area contributed by atoms with Crippen molar-refractivity contribution in [2.75, 3.05) is 13.6 Å². The molecule has 0 atom stereocenters. The number of hydrogen-bond donors (Lipinski definition) is 1. The van der Waals surface area contributed by atoms with Crippen LogP contribution in [0.25, 0.3) is 0 Å². The van der Waals surface area contributed by atoms with Gasteiger partial charge >= 0.3 is 0 Å². The van der Waals surface area contributed by atoms with Crippen LogP contribution < -0.4 is 5.14 Å². The van der Waals surface area contributed by atoms with Crippen LogP contribution in [0, 0.1) is 18.2 Å². The molecule has 1 aromatic carbocycles. The summed E-state index contributed by atoms with van der Waals surface area (Å²) in [6, 6.07) is 2.15. The minimum absolute atomic E-state index is 0.0334. The first-order valence-electron chi connectivity index (χ1n) is 6.41. The Morgan fingerprint density at radius 1 is 1.33 bits per heavy atom. The molecule has 0 saturated heterocycles. The summed E-state index contributed by atoms with van der Waals surface area (Å²) in [5.41, 5.74) is -0.252. The molecule has 0 unspecified atom stereocenters. The van der Waals surface area contributed by atoms with Gasteiger partial charge in [-0.15, -0.1) is 0 Å². The van der Waals surface area contributed by atoms with Crippen LogP contribution >= 0.6 is 0 Å². The molecule has 0 aliphatic rings. The number of amides is 1. The molecule has 1 aromatic rings. The van der Waals surface area contributed by atoms with Crippen molar-refractivity contribution in [2.24, 2.45) is 10.6 Å². The van der Waals surface area contributed by atoms with Gasteiger partial charge in [0.1, 0.15) is 5.82 Å². The van der Waals surface area contributed by atoms with Gasteiger partial charge in [0.2, 0.25) is 10.0 Å². The van der Waals surface area contributed by atoms with Crippen molar-refractivity contribution in [3.63, 3.8) is 0 Å². The Morgan fingerprint density at radius 2 is 1.86 bits per heavy atom. The molecular formula is C14H21FN2O3S. The maximum absolute atomic E-state index is 13.8. The lowest BCUT2D eigenvalue weighted by Crippen LogP contribution is -2.34. The van der Waals surface area contributed by atoms with Crippen LogP contribution in [-0.2, 0) is 10.0 Å². The average molecular weight is 316 g/mol. The minimum atomic E-state index is -4.08. The number of carbonyl (C=O) groups excluding carboxylic acids is 1. The second-order valence-corrected chi connectivity index (χ2v) is 7.88. The van der Waals surface area contributed by atoms with E-state index in [0.29, 0.717) is 6.54 Å². The molecule has 0 aliphatic carbocycles. The zero-order chi connectivity index (χ0) is 16.6. The van der Waals surface area contributed by atoms with Gasteiger partial charge in [-0.25, -0.2) is 17.9 Å². The van der Waals surface area contributed by atoms with E-state index in [1.54, 1.807) is 7.05 Å². The second-order valence-electron chi connectivity index (χ2n) is 6.35. The fourth-order valence-electron chi connectivity index (χ4n) is 2.08. The number of carbonyl (C=O) groups is 1. The van der Waals surface area contributed by atoms with Crippen LogP contribution in [0.3, 0.4) is 0 Å². The van der Waals surface area contributed by atoms with Crippen molar-refractivity contribution < 1.29 is 17.6 Å². The normalized spacial score (nSPS) is 12.3. The SMILES string of the molecule is Cc1c(F)cc(C(=O)N(C)CC(C)(C)C)cc1S(N)(=O)=O. The molecule has 0 saturated carbocycles. The lowest BCUT2D eigenvalue weighted by molar-refractivity contribution is 0.0745. The van der Waals surface area contributed by atoms with Crippen LogP contribution in [0.15, 0.2) is 17.0 Å². The smallest absolute Gasteiger partial charge is 0.253 e. The van der Waals surface area contributed by atoms with Gasteiger partial charge in [-0.1, -0.05) is 20.8 Å². The third-order valence-electron chi connectivity index (χ3n) is 2.91. The lowest BCUT2D eigenvalue weighted by Gasteiger charge is -2.26. The first-order chi connectivity index (χ1) is 9.33. The van der Waals surface area contributed by atoms with Crippen molar-refractivity contribution in [1.29, 1.82) is 0 Å². The summed E-state index contributed by atoms with van der Waals surface area (Å²) >= 11 is 0. The summed E-state index contributed by atoms with van der Waals surface area (Å²) < 4.78 is 36.8. The molecule has 0 radical (unpaired) electrons. The van der Waals surface area contributed by atoms with E-state index in [-0.39, 0.29) is 21.4 Å². The predicted octanol–water partition coefficient (Wildman–Crippen LogP) is 1.90. The topological polar surface area (TPSA) is 80.5 Å². The first-order valence-corrected chi connectivity index (χ1v) is 7.96. The number of sulfonamides is 1. The average Bonchev–Trinajstić information content (AvgIpc) is 2.27. The highest BCUT2D eigenvalue weighted by Gasteiger charge is 2.23. The van der Waals surface area contributed by atoms with Gasteiger partial charge in [-0.2, -0.15) is 0 Å². The Balaban J connectivity index is 3.27. The highest BCUT2D eigenvalue weighted by atomic mass is 32.2. The summed E-state index contributed by atoms with van der Waals surface area (Å²) in [6.07, 6.45) is 0. The van der Waals surface area contributed by atoms with Crippen molar-refractivity contribution in [3.05, 3.63) is 29.1 Å². The molecule has 5 nitrogen and oxygen atoms in total. The fourth-order valence-corrected chi connectivity index (χ4v) is 2.89. The van der Waals surface area contributed by atoms with E-state index in [2.05, 4.69) is 0 Å². The molecule has 0 aliphatic heterocycles. The fraction of sp³-hybridized carbons (Fsp3) is 0.500. The molecule has 0 heterocycles. The Hall–Kier alpha value is -1.47. The number of primary sulfonamides is 1. The largest absolute Gasteiger partial charge is 0.341 e. The summed E-state index contributed by atoms with van der Waals surface area (Å²) in [5.74, 6) is -1.22. The zero-order valence-electron chi connectivity index (χ0n) is 12.9. The number of nitrogens with zero attached hydrogens (tertiary/aromatic N) is 1. The maximum Gasteiger partial charge on any atom is 0.253 e. The van der Waals surface area contributed by atoms with Crippen LogP contribution in [0.5, 0.6) is 0 Å². The molecular weight excluding hydrogens is 295 g/mol. The van der Waals surface area contributed by atoms with Crippen molar-refractivity contribution in [3.8, 4) is 0 Å². The molecule has 0 fully saturated rings. The molecule has 118 valence electrons. The Bertz CT molecular complexity index is 664. The molecule has 7 heteroatoms. The number of halogens is 1. The van der Waals surface area contributed by atoms with Crippen LogP contribution in [0.1, 0.15) is 36.7 Å². The second kappa shape index (κ2) is 5.73. The van der Waals surface area contributed by atoms with E-state index in [1.165, 1.54) is 11.8 Å². The highest BCUT2D eigenvalue weighted by molar-refractivity contribution is 7.89. The highest BCUT2D eigenvalue weighted by Crippen LogP contribution is 2.21. The summed E-state index contributed by atoms with van der Waals surface area (Å²) in [5, 5.41) is 5.05. The number of benzene rings is 1. The third kappa shape index (κ3) is 4.50. The molecule has 2 N–H and O–H groups in total. The van der Waals surface area contributed by atoms with Gasteiger partial charge in [-0.05, 0) is 24.5 Å². The van der Waals surface area contributed by atoms with Crippen molar-refractivity contribution >= 4 is 15.9 Å². The van der Waals surface area contributed by atoms with Crippen LogP contribution in [0.4, 0.5) is 4.39 Å².